The average Bonchev–Trinajstić information content (AvgIpc) is 3.33. The maximum absolute atomic E-state index is 12.9. The van der Waals surface area contributed by atoms with Crippen LogP contribution < -0.4 is 5.32 Å². The van der Waals surface area contributed by atoms with Crippen LogP contribution in [0.5, 0.6) is 0 Å². The van der Waals surface area contributed by atoms with Crippen LogP contribution in [0.4, 0.5) is 10.5 Å². The maximum atomic E-state index is 12.9. The second-order valence-electron chi connectivity index (χ2n) is 7.85. The van der Waals surface area contributed by atoms with Gasteiger partial charge in [0, 0.05) is 28.3 Å². The average molecular weight is 480 g/mol. The normalized spacial score (nSPS) is 14.9. The van der Waals surface area contributed by atoms with Gasteiger partial charge in [-0.3, -0.25) is 19.3 Å². The van der Waals surface area contributed by atoms with E-state index in [1.807, 2.05) is 74.0 Å². The van der Waals surface area contributed by atoms with Crippen molar-refractivity contribution in [3.63, 3.8) is 0 Å². The number of anilines is 1. The van der Waals surface area contributed by atoms with Crippen molar-refractivity contribution in [2.24, 2.45) is 0 Å². The number of nitrogens with zero attached hydrogens (tertiary/aromatic N) is 2. The number of hydrogen-bond acceptors (Lipinski definition) is 4. The topological polar surface area (TPSA) is 71.4 Å². The number of benzene rings is 2. The van der Waals surface area contributed by atoms with E-state index in [0.29, 0.717) is 10.7 Å². The van der Waals surface area contributed by atoms with E-state index in [2.05, 4.69) is 5.32 Å². The van der Waals surface area contributed by atoms with Crippen molar-refractivity contribution >= 4 is 52.2 Å². The quantitative estimate of drug-likeness (QED) is 0.474. The summed E-state index contributed by atoms with van der Waals surface area (Å²) >= 11 is 7.08. The molecule has 168 valence electrons. The number of thioether (sulfide) groups is 1. The number of imide groups is 1. The Hall–Kier alpha value is -3.29. The highest BCUT2D eigenvalue weighted by molar-refractivity contribution is 8.18. The van der Waals surface area contributed by atoms with E-state index in [9.17, 15) is 14.4 Å². The summed E-state index contributed by atoms with van der Waals surface area (Å²) in [6.07, 6.45) is 3.51. The highest BCUT2D eigenvalue weighted by Gasteiger charge is 2.36. The molecule has 1 aliphatic rings. The Morgan fingerprint density at radius 2 is 1.79 bits per heavy atom. The van der Waals surface area contributed by atoms with E-state index in [0.717, 1.165) is 44.7 Å². The molecule has 6 nitrogen and oxygen atoms in total. The Bertz CT molecular complexity index is 1310. The Morgan fingerprint density at radius 3 is 2.52 bits per heavy atom. The van der Waals surface area contributed by atoms with Gasteiger partial charge in [-0.15, -0.1) is 0 Å². The van der Waals surface area contributed by atoms with E-state index < -0.39 is 17.1 Å². The van der Waals surface area contributed by atoms with Crippen molar-refractivity contribution in [1.82, 2.24) is 9.47 Å². The van der Waals surface area contributed by atoms with E-state index in [1.54, 1.807) is 12.1 Å². The molecule has 0 spiro atoms. The van der Waals surface area contributed by atoms with Crippen LogP contribution in [0, 0.1) is 20.8 Å². The van der Waals surface area contributed by atoms with Crippen LogP contribution in [0.1, 0.15) is 22.4 Å². The summed E-state index contributed by atoms with van der Waals surface area (Å²) in [7, 11) is 0. The van der Waals surface area contributed by atoms with Gasteiger partial charge in [0.05, 0.1) is 4.91 Å². The molecule has 3 aromatic rings. The van der Waals surface area contributed by atoms with Crippen LogP contribution in [-0.4, -0.2) is 33.1 Å². The summed E-state index contributed by atoms with van der Waals surface area (Å²) in [6.45, 7) is 5.52. The Kier molecular flexibility index (Phi) is 6.44. The molecule has 1 N–H and O–H groups in total. The van der Waals surface area contributed by atoms with Crippen LogP contribution >= 0.6 is 23.4 Å². The molecule has 0 radical (unpaired) electrons. The van der Waals surface area contributed by atoms with Crippen molar-refractivity contribution in [2.45, 2.75) is 20.8 Å². The van der Waals surface area contributed by atoms with Crippen LogP contribution in [0.15, 0.2) is 59.6 Å². The minimum Gasteiger partial charge on any atom is -0.325 e. The second-order valence-corrected chi connectivity index (χ2v) is 9.25. The summed E-state index contributed by atoms with van der Waals surface area (Å²) in [6, 6.07) is 14.9. The van der Waals surface area contributed by atoms with Crippen molar-refractivity contribution in [3.8, 4) is 5.69 Å². The fourth-order valence-corrected chi connectivity index (χ4v) is 4.41. The molecule has 0 aliphatic carbocycles. The monoisotopic (exact) mass is 479 g/mol. The molecule has 2 aromatic carbocycles. The highest BCUT2D eigenvalue weighted by Crippen LogP contribution is 2.33. The SMILES string of the molecule is Cc1ccc(NC(=O)CN2C(=O)S/C(=C\c3cccn3-c3ccc(C)c(Cl)c3)C2=O)cc1C. The number of carbonyl (C=O) groups excluding carboxylic acids is 3. The number of amides is 3. The van der Waals surface area contributed by atoms with Crippen LogP contribution in [0.25, 0.3) is 11.8 Å². The number of nitrogens with one attached hydrogen (secondary N) is 1. The molecule has 4 rings (SSSR count). The third kappa shape index (κ3) is 4.89. The Labute approximate surface area is 201 Å². The van der Waals surface area contributed by atoms with Gasteiger partial charge in [-0.25, -0.2) is 0 Å². The van der Waals surface area contributed by atoms with E-state index in [4.69, 9.17) is 11.6 Å². The van der Waals surface area contributed by atoms with Gasteiger partial charge in [-0.05, 0) is 91.7 Å². The highest BCUT2D eigenvalue weighted by atomic mass is 35.5. The summed E-state index contributed by atoms with van der Waals surface area (Å²) in [5.41, 5.74) is 5.31. The molecule has 8 heteroatoms. The lowest BCUT2D eigenvalue weighted by atomic mass is 10.1. The smallest absolute Gasteiger partial charge is 0.294 e. The minimum absolute atomic E-state index is 0.261. The Morgan fingerprint density at radius 1 is 1.03 bits per heavy atom. The van der Waals surface area contributed by atoms with Gasteiger partial charge in [-0.2, -0.15) is 0 Å². The summed E-state index contributed by atoms with van der Waals surface area (Å²) in [5.74, 6) is -0.922. The third-order valence-electron chi connectivity index (χ3n) is 5.46. The van der Waals surface area contributed by atoms with Crippen molar-refractivity contribution < 1.29 is 14.4 Å². The molecular weight excluding hydrogens is 458 g/mol. The fourth-order valence-electron chi connectivity index (χ4n) is 3.41. The zero-order valence-electron chi connectivity index (χ0n) is 18.4. The van der Waals surface area contributed by atoms with Gasteiger partial charge in [0.2, 0.25) is 5.91 Å². The van der Waals surface area contributed by atoms with E-state index in [-0.39, 0.29) is 11.4 Å². The first-order valence-corrected chi connectivity index (χ1v) is 11.5. The number of carbonyl (C=O) groups is 3. The third-order valence-corrected chi connectivity index (χ3v) is 6.77. The lowest BCUT2D eigenvalue weighted by Gasteiger charge is -2.13. The van der Waals surface area contributed by atoms with Gasteiger partial charge in [0.25, 0.3) is 11.1 Å². The molecule has 1 saturated heterocycles. The molecule has 3 amide bonds. The number of rotatable bonds is 5. The predicted octanol–water partition coefficient (Wildman–Crippen LogP) is 5.73. The van der Waals surface area contributed by atoms with Gasteiger partial charge >= 0.3 is 0 Å². The van der Waals surface area contributed by atoms with Crippen LogP contribution in [0.2, 0.25) is 5.02 Å². The number of aromatic nitrogens is 1. The van der Waals surface area contributed by atoms with Crippen molar-refractivity contribution in [3.05, 3.63) is 87.0 Å². The number of halogens is 1. The molecule has 1 aromatic heterocycles. The summed E-state index contributed by atoms with van der Waals surface area (Å²) < 4.78 is 1.88. The predicted molar refractivity (Wildman–Crippen MR) is 133 cm³/mol. The van der Waals surface area contributed by atoms with Crippen LogP contribution in [-0.2, 0) is 9.59 Å². The van der Waals surface area contributed by atoms with Gasteiger partial charge in [-0.1, -0.05) is 23.7 Å². The standard InChI is InChI=1S/C25H22ClN3O3S/c1-15-6-8-18(11-17(15)3)27-23(30)14-29-24(31)22(33-25(29)32)13-19-5-4-10-28(19)20-9-7-16(2)21(26)12-20/h4-13H,14H2,1-3H3,(H,27,30)/b22-13-. The molecule has 0 bridgehead atoms. The second kappa shape index (κ2) is 9.29. The van der Waals surface area contributed by atoms with Gasteiger partial charge < -0.3 is 9.88 Å². The molecular formula is C25H22ClN3O3S. The van der Waals surface area contributed by atoms with E-state index in [1.165, 1.54) is 0 Å². The lowest BCUT2D eigenvalue weighted by molar-refractivity contribution is -0.127. The molecule has 0 saturated carbocycles. The fraction of sp³-hybridized carbons (Fsp3) is 0.160. The van der Waals surface area contributed by atoms with E-state index >= 15 is 0 Å². The number of hydrogen-bond donors (Lipinski definition) is 1. The summed E-state index contributed by atoms with van der Waals surface area (Å²) in [5, 5.41) is 2.92. The molecule has 0 atom stereocenters. The maximum Gasteiger partial charge on any atom is 0.294 e. The minimum atomic E-state index is -0.491. The van der Waals surface area contributed by atoms with Gasteiger partial charge in [0.15, 0.2) is 0 Å². The molecule has 2 heterocycles. The first kappa shape index (κ1) is 22.9. The van der Waals surface area contributed by atoms with Gasteiger partial charge in [0.1, 0.15) is 6.54 Å². The number of aryl methyl sites for hydroxylation is 3. The van der Waals surface area contributed by atoms with Crippen molar-refractivity contribution in [1.29, 1.82) is 0 Å². The molecule has 0 unspecified atom stereocenters. The zero-order chi connectivity index (χ0) is 23.7. The first-order valence-electron chi connectivity index (χ1n) is 10.3. The lowest BCUT2D eigenvalue weighted by Crippen LogP contribution is -2.36. The van der Waals surface area contributed by atoms with Crippen molar-refractivity contribution in [2.75, 3.05) is 11.9 Å². The molecule has 1 aliphatic heterocycles. The zero-order valence-corrected chi connectivity index (χ0v) is 20.0. The largest absolute Gasteiger partial charge is 0.325 e. The first-order chi connectivity index (χ1) is 15.7. The Balaban J connectivity index is 1.50. The van der Waals surface area contributed by atoms with Crippen LogP contribution in [0.3, 0.4) is 0 Å². The molecule has 1 fully saturated rings. The molecule has 33 heavy (non-hydrogen) atoms. The summed E-state index contributed by atoms with van der Waals surface area (Å²) in [4.78, 5) is 39.0.